The molecular formula is C12H18O2. The monoisotopic (exact) mass is 194 g/mol. The highest BCUT2D eigenvalue weighted by molar-refractivity contribution is 5.81. The molecule has 78 valence electrons. The maximum absolute atomic E-state index is 11.0. The van der Waals surface area contributed by atoms with Crippen LogP contribution in [0, 0.1) is 0 Å². The summed E-state index contributed by atoms with van der Waals surface area (Å²) >= 11 is 0. The summed E-state index contributed by atoms with van der Waals surface area (Å²) in [4.78, 5) is 11.0. The molecule has 0 spiro atoms. The van der Waals surface area contributed by atoms with Gasteiger partial charge in [-0.3, -0.25) is 0 Å². The zero-order chi connectivity index (χ0) is 11.0. The normalized spacial score (nSPS) is 14.1. The summed E-state index contributed by atoms with van der Waals surface area (Å²) in [5.74, 6) is -0.374. The van der Waals surface area contributed by atoms with Gasteiger partial charge in [0.1, 0.15) is 6.10 Å². The Hall–Kier alpha value is -1.31. The zero-order valence-corrected chi connectivity index (χ0v) is 9.12. The van der Waals surface area contributed by atoms with E-state index >= 15 is 0 Å². The highest BCUT2D eigenvalue weighted by Gasteiger charge is 2.12. The largest absolute Gasteiger partial charge is 0.454 e. The average Bonchev–Trinajstić information content (AvgIpc) is 2.22. The number of hydrogen-bond donors (Lipinski definition) is 0. The third-order valence-electron chi connectivity index (χ3n) is 1.86. The molecule has 0 aromatic heterocycles. The fourth-order valence-electron chi connectivity index (χ4n) is 1.16. The molecule has 0 rings (SSSR count). The molecular weight excluding hydrogens is 176 g/mol. The molecule has 1 unspecified atom stereocenters. The topological polar surface area (TPSA) is 26.3 Å². The summed E-state index contributed by atoms with van der Waals surface area (Å²) in [6.45, 7) is 9.21. The van der Waals surface area contributed by atoms with Gasteiger partial charge in [0.25, 0.3) is 0 Å². The minimum absolute atomic E-state index is 0.165. The Morgan fingerprint density at radius 1 is 1.50 bits per heavy atom. The van der Waals surface area contributed by atoms with E-state index in [9.17, 15) is 4.79 Å². The second kappa shape index (κ2) is 7.13. The third-order valence-corrected chi connectivity index (χ3v) is 1.86. The van der Waals surface area contributed by atoms with E-state index in [1.807, 2.05) is 39.0 Å². The predicted octanol–water partition coefficient (Wildman–Crippen LogP) is 3.02. The van der Waals surface area contributed by atoms with Crippen LogP contribution in [0.15, 0.2) is 36.5 Å². The molecule has 14 heavy (non-hydrogen) atoms. The molecule has 2 nitrogen and oxygen atoms in total. The van der Waals surface area contributed by atoms with Gasteiger partial charge in [0, 0.05) is 6.08 Å². The van der Waals surface area contributed by atoms with Gasteiger partial charge in [-0.2, -0.15) is 0 Å². The first-order valence-electron chi connectivity index (χ1n) is 4.81. The van der Waals surface area contributed by atoms with Gasteiger partial charge in [0.2, 0.25) is 0 Å². The van der Waals surface area contributed by atoms with Crippen LogP contribution >= 0.6 is 0 Å². The molecule has 0 heterocycles. The van der Waals surface area contributed by atoms with Crippen molar-refractivity contribution in [1.82, 2.24) is 0 Å². The maximum Gasteiger partial charge on any atom is 0.330 e. The predicted molar refractivity (Wildman–Crippen MR) is 58.9 cm³/mol. The minimum atomic E-state index is -0.374. The second-order valence-corrected chi connectivity index (χ2v) is 2.83. The van der Waals surface area contributed by atoms with Crippen molar-refractivity contribution in [3.05, 3.63) is 36.5 Å². The maximum atomic E-state index is 11.0. The van der Waals surface area contributed by atoms with Gasteiger partial charge in [-0.1, -0.05) is 31.7 Å². The van der Waals surface area contributed by atoms with Crippen LogP contribution in [0.2, 0.25) is 0 Å². The molecule has 0 aromatic rings. The first kappa shape index (κ1) is 12.7. The quantitative estimate of drug-likeness (QED) is 0.382. The number of carbonyl (C=O) groups is 1. The van der Waals surface area contributed by atoms with Crippen LogP contribution in [0.1, 0.15) is 27.2 Å². The summed E-state index contributed by atoms with van der Waals surface area (Å²) in [5, 5.41) is 0. The van der Waals surface area contributed by atoms with Gasteiger partial charge in [0.15, 0.2) is 0 Å². The minimum Gasteiger partial charge on any atom is -0.454 e. The van der Waals surface area contributed by atoms with Crippen LogP contribution in [0.3, 0.4) is 0 Å². The lowest BCUT2D eigenvalue weighted by atomic mass is 10.1. The van der Waals surface area contributed by atoms with Crippen molar-refractivity contribution in [3.63, 3.8) is 0 Å². The smallest absolute Gasteiger partial charge is 0.330 e. The van der Waals surface area contributed by atoms with Gasteiger partial charge in [0.05, 0.1) is 0 Å². The Bertz CT molecular complexity index is 249. The van der Waals surface area contributed by atoms with E-state index in [0.29, 0.717) is 0 Å². The van der Waals surface area contributed by atoms with E-state index in [0.717, 1.165) is 12.0 Å². The van der Waals surface area contributed by atoms with Crippen molar-refractivity contribution in [3.8, 4) is 0 Å². The van der Waals surface area contributed by atoms with Crippen LogP contribution in [0.5, 0.6) is 0 Å². The number of ether oxygens (including phenoxy) is 1. The Balaban J connectivity index is 4.53. The van der Waals surface area contributed by atoms with Crippen LogP contribution in [-0.2, 0) is 9.53 Å². The number of hydrogen-bond acceptors (Lipinski definition) is 2. The Kier molecular flexibility index (Phi) is 6.46. The average molecular weight is 194 g/mol. The molecule has 0 aliphatic heterocycles. The molecule has 0 radical (unpaired) electrons. The third kappa shape index (κ3) is 4.08. The Morgan fingerprint density at radius 3 is 2.50 bits per heavy atom. The number of rotatable bonds is 5. The van der Waals surface area contributed by atoms with Crippen LogP contribution in [-0.4, -0.2) is 12.1 Å². The van der Waals surface area contributed by atoms with Crippen molar-refractivity contribution >= 4 is 5.97 Å². The van der Waals surface area contributed by atoms with Gasteiger partial charge < -0.3 is 4.74 Å². The Morgan fingerprint density at radius 2 is 2.14 bits per heavy atom. The molecule has 0 aromatic carbocycles. The van der Waals surface area contributed by atoms with Gasteiger partial charge in [-0.05, 0) is 25.8 Å². The Labute approximate surface area is 86.0 Å². The molecule has 2 heteroatoms. The molecule has 0 saturated carbocycles. The number of allylic oxidation sites excluding steroid dienone is 2. The van der Waals surface area contributed by atoms with Crippen LogP contribution in [0.4, 0.5) is 0 Å². The first-order valence-corrected chi connectivity index (χ1v) is 4.81. The SMILES string of the molecule is C=CC(=O)OC(CC)C(/C=C\C)=C/C. The van der Waals surface area contributed by atoms with E-state index in [1.165, 1.54) is 6.08 Å². The molecule has 0 aliphatic rings. The lowest BCUT2D eigenvalue weighted by molar-refractivity contribution is -0.141. The van der Waals surface area contributed by atoms with E-state index < -0.39 is 0 Å². The summed E-state index contributed by atoms with van der Waals surface area (Å²) < 4.78 is 5.18. The lowest BCUT2D eigenvalue weighted by Crippen LogP contribution is -2.17. The number of esters is 1. The first-order chi connectivity index (χ1) is 6.69. The molecule has 1 atom stereocenters. The summed E-state index contributed by atoms with van der Waals surface area (Å²) in [6.07, 6.45) is 7.62. The summed E-state index contributed by atoms with van der Waals surface area (Å²) in [7, 11) is 0. The van der Waals surface area contributed by atoms with Gasteiger partial charge in [-0.15, -0.1) is 0 Å². The standard InChI is InChI=1S/C12H18O2/c1-5-9-10(6-2)11(7-3)14-12(13)8-4/h5-6,8-9,11H,4,7H2,1-3H3/b9-5-,10-6+. The van der Waals surface area contributed by atoms with Crippen molar-refractivity contribution in [1.29, 1.82) is 0 Å². The molecule has 0 aliphatic carbocycles. The molecule has 0 N–H and O–H groups in total. The van der Waals surface area contributed by atoms with Gasteiger partial charge >= 0.3 is 5.97 Å². The van der Waals surface area contributed by atoms with E-state index in [-0.39, 0.29) is 12.1 Å². The van der Waals surface area contributed by atoms with Crippen LogP contribution in [0.25, 0.3) is 0 Å². The number of carbonyl (C=O) groups excluding carboxylic acids is 1. The van der Waals surface area contributed by atoms with Gasteiger partial charge in [-0.25, -0.2) is 4.79 Å². The second-order valence-electron chi connectivity index (χ2n) is 2.83. The summed E-state index contributed by atoms with van der Waals surface area (Å²) in [6, 6.07) is 0. The van der Waals surface area contributed by atoms with E-state index in [2.05, 4.69) is 6.58 Å². The zero-order valence-electron chi connectivity index (χ0n) is 9.12. The lowest BCUT2D eigenvalue weighted by Gasteiger charge is -2.16. The molecule has 0 saturated heterocycles. The van der Waals surface area contributed by atoms with Crippen molar-refractivity contribution in [2.45, 2.75) is 33.3 Å². The fraction of sp³-hybridized carbons (Fsp3) is 0.417. The van der Waals surface area contributed by atoms with Crippen molar-refractivity contribution in [2.75, 3.05) is 0 Å². The molecule has 0 fully saturated rings. The van der Waals surface area contributed by atoms with E-state index in [1.54, 1.807) is 0 Å². The fourth-order valence-corrected chi connectivity index (χ4v) is 1.16. The highest BCUT2D eigenvalue weighted by Crippen LogP contribution is 2.12. The molecule has 0 amide bonds. The summed E-state index contributed by atoms with van der Waals surface area (Å²) in [5.41, 5.74) is 1.02. The highest BCUT2D eigenvalue weighted by atomic mass is 16.5. The molecule has 0 bridgehead atoms. The van der Waals surface area contributed by atoms with Crippen molar-refractivity contribution in [2.24, 2.45) is 0 Å². The van der Waals surface area contributed by atoms with E-state index in [4.69, 9.17) is 4.74 Å². The van der Waals surface area contributed by atoms with Crippen LogP contribution < -0.4 is 0 Å². The van der Waals surface area contributed by atoms with Crippen molar-refractivity contribution < 1.29 is 9.53 Å².